The number of aromatic nitrogens is 1. The minimum atomic E-state index is -0.378. The first-order valence-electron chi connectivity index (χ1n) is 8.09. The number of hydrogen-bond acceptors (Lipinski definition) is 4. The second kappa shape index (κ2) is 7.40. The lowest BCUT2D eigenvalue weighted by Gasteiger charge is -2.18. The van der Waals surface area contributed by atoms with Crippen molar-refractivity contribution in [3.05, 3.63) is 54.0 Å². The van der Waals surface area contributed by atoms with Crippen molar-refractivity contribution >= 4 is 17.4 Å². The number of nitrogens with zero attached hydrogens (tertiary/aromatic N) is 2. The summed E-state index contributed by atoms with van der Waals surface area (Å²) in [4.78, 5) is 18.9. The zero-order chi connectivity index (χ0) is 16.9. The molecule has 5 nitrogen and oxygen atoms in total. The van der Waals surface area contributed by atoms with Crippen molar-refractivity contribution in [2.24, 2.45) is 5.92 Å². The van der Waals surface area contributed by atoms with Crippen LogP contribution in [0.25, 0.3) is 0 Å². The standard InChI is InChI=1S/C18H21FN4O/c1-20-11-13-8-10-23(12-13)18(24)14-5-4-9-21-17(14)22-16-7-3-2-6-15(16)19/h2-7,9,13,20H,8,10-12H2,1H3,(H,21,22). The fourth-order valence-corrected chi connectivity index (χ4v) is 3.01. The molecule has 0 aliphatic carbocycles. The van der Waals surface area contributed by atoms with Gasteiger partial charge in [0.15, 0.2) is 0 Å². The van der Waals surface area contributed by atoms with E-state index in [0.717, 1.165) is 26.1 Å². The summed E-state index contributed by atoms with van der Waals surface area (Å²) >= 11 is 0. The predicted molar refractivity (Wildman–Crippen MR) is 91.9 cm³/mol. The third-order valence-electron chi connectivity index (χ3n) is 4.23. The SMILES string of the molecule is CNCC1CCN(C(=O)c2cccnc2Nc2ccccc2F)C1. The average Bonchev–Trinajstić information content (AvgIpc) is 3.06. The molecule has 1 atom stereocenters. The fraction of sp³-hybridized carbons (Fsp3) is 0.333. The molecule has 1 aromatic carbocycles. The van der Waals surface area contributed by atoms with Crippen LogP contribution in [-0.4, -0.2) is 42.5 Å². The van der Waals surface area contributed by atoms with Crippen LogP contribution in [-0.2, 0) is 0 Å². The molecule has 3 rings (SSSR count). The van der Waals surface area contributed by atoms with E-state index < -0.39 is 0 Å². The van der Waals surface area contributed by atoms with Gasteiger partial charge in [0.05, 0.1) is 11.3 Å². The first-order chi connectivity index (χ1) is 11.7. The summed E-state index contributed by atoms with van der Waals surface area (Å²) < 4.78 is 13.9. The normalized spacial score (nSPS) is 17.1. The van der Waals surface area contributed by atoms with Crippen LogP contribution in [0.5, 0.6) is 0 Å². The van der Waals surface area contributed by atoms with Gasteiger partial charge < -0.3 is 15.5 Å². The number of rotatable bonds is 5. The Morgan fingerprint density at radius 1 is 1.33 bits per heavy atom. The van der Waals surface area contributed by atoms with E-state index in [2.05, 4.69) is 15.6 Å². The summed E-state index contributed by atoms with van der Waals surface area (Å²) in [5, 5.41) is 6.09. The molecule has 6 heteroatoms. The van der Waals surface area contributed by atoms with Gasteiger partial charge in [-0.15, -0.1) is 0 Å². The Balaban J connectivity index is 1.79. The Hall–Kier alpha value is -2.47. The van der Waals surface area contributed by atoms with Crippen LogP contribution in [0.3, 0.4) is 0 Å². The quantitative estimate of drug-likeness (QED) is 0.886. The molecule has 2 aromatic rings. The molecule has 1 aromatic heterocycles. The highest BCUT2D eigenvalue weighted by molar-refractivity contribution is 5.99. The molecule has 0 radical (unpaired) electrons. The summed E-state index contributed by atoms with van der Waals surface area (Å²) in [5.41, 5.74) is 0.769. The Morgan fingerprint density at radius 3 is 2.96 bits per heavy atom. The molecule has 0 saturated carbocycles. The number of halogens is 1. The summed E-state index contributed by atoms with van der Waals surface area (Å²) in [6, 6.07) is 9.80. The number of hydrogen-bond donors (Lipinski definition) is 2. The molecular weight excluding hydrogens is 307 g/mol. The molecule has 126 valence electrons. The van der Waals surface area contributed by atoms with E-state index in [9.17, 15) is 9.18 Å². The monoisotopic (exact) mass is 328 g/mol. The van der Waals surface area contributed by atoms with Crippen molar-refractivity contribution in [3.8, 4) is 0 Å². The zero-order valence-corrected chi connectivity index (χ0v) is 13.6. The average molecular weight is 328 g/mol. The van der Waals surface area contributed by atoms with E-state index in [-0.39, 0.29) is 11.7 Å². The van der Waals surface area contributed by atoms with Crippen molar-refractivity contribution < 1.29 is 9.18 Å². The molecule has 0 spiro atoms. The van der Waals surface area contributed by atoms with Crippen LogP contribution in [0.4, 0.5) is 15.9 Å². The van der Waals surface area contributed by atoms with Crippen LogP contribution in [0.15, 0.2) is 42.6 Å². The topological polar surface area (TPSA) is 57.3 Å². The number of anilines is 2. The molecule has 1 aliphatic rings. The number of pyridine rings is 1. The van der Waals surface area contributed by atoms with Crippen molar-refractivity contribution in [1.82, 2.24) is 15.2 Å². The van der Waals surface area contributed by atoms with Crippen LogP contribution in [0, 0.1) is 11.7 Å². The van der Waals surface area contributed by atoms with Gasteiger partial charge in [-0.25, -0.2) is 9.37 Å². The third-order valence-corrected chi connectivity index (χ3v) is 4.23. The second-order valence-corrected chi connectivity index (χ2v) is 5.97. The van der Waals surface area contributed by atoms with Gasteiger partial charge in [-0.05, 0) is 50.2 Å². The molecule has 2 N–H and O–H groups in total. The smallest absolute Gasteiger partial charge is 0.257 e. The molecule has 24 heavy (non-hydrogen) atoms. The Bertz CT molecular complexity index is 722. The number of nitrogens with one attached hydrogen (secondary N) is 2. The highest BCUT2D eigenvalue weighted by atomic mass is 19.1. The third kappa shape index (κ3) is 3.54. The van der Waals surface area contributed by atoms with E-state index in [1.54, 1.807) is 36.5 Å². The molecule has 1 fully saturated rings. The summed E-state index contributed by atoms with van der Waals surface area (Å²) in [6.45, 7) is 2.37. The van der Waals surface area contributed by atoms with Gasteiger partial charge in [-0.3, -0.25) is 4.79 Å². The largest absolute Gasteiger partial charge is 0.338 e. The van der Waals surface area contributed by atoms with Crippen LogP contribution in [0.2, 0.25) is 0 Å². The van der Waals surface area contributed by atoms with E-state index in [4.69, 9.17) is 0 Å². The minimum absolute atomic E-state index is 0.0689. The lowest BCUT2D eigenvalue weighted by molar-refractivity contribution is 0.0788. The fourth-order valence-electron chi connectivity index (χ4n) is 3.01. The van der Waals surface area contributed by atoms with Gasteiger partial charge in [0.25, 0.3) is 5.91 Å². The van der Waals surface area contributed by atoms with Gasteiger partial charge >= 0.3 is 0 Å². The van der Waals surface area contributed by atoms with Crippen LogP contribution < -0.4 is 10.6 Å². The van der Waals surface area contributed by atoms with Crippen LogP contribution in [0.1, 0.15) is 16.8 Å². The lowest BCUT2D eigenvalue weighted by Crippen LogP contribution is -2.31. The molecule has 1 aliphatic heterocycles. The number of likely N-dealkylation sites (tertiary alicyclic amines) is 1. The van der Waals surface area contributed by atoms with E-state index in [0.29, 0.717) is 23.0 Å². The van der Waals surface area contributed by atoms with Gasteiger partial charge in [-0.1, -0.05) is 12.1 Å². The predicted octanol–water partition coefficient (Wildman–Crippen LogP) is 2.65. The zero-order valence-electron chi connectivity index (χ0n) is 13.6. The Labute approximate surface area is 140 Å². The maximum absolute atomic E-state index is 13.9. The minimum Gasteiger partial charge on any atom is -0.338 e. The van der Waals surface area contributed by atoms with E-state index in [1.165, 1.54) is 6.07 Å². The lowest BCUT2D eigenvalue weighted by atomic mass is 10.1. The molecular formula is C18H21FN4O. The first kappa shape index (κ1) is 16.4. The van der Waals surface area contributed by atoms with Gasteiger partial charge in [0, 0.05) is 19.3 Å². The second-order valence-electron chi connectivity index (χ2n) is 5.97. The van der Waals surface area contributed by atoms with Crippen molar-refractivity contribution in [3.63, 3.8) is 0 Å². The van der Waals surface area contributed by atoms with E-state index in [1.807, 2.05) is 11.9 Å². The van der Waals surface area contributed by atoms with Gasteiger partial charge in [0.2, 0.25) is 0 Å². The maximum atomic E-state index is 13.9. The Kier molecular flexibility index (Phi) is 5.05. The van der Waals surface area contributed by atoms with Gasteiger partial charge in [0.1, 0.15) is 11.6 Å². The van der Waals surface area contributed by atoms with Crippen molar-refractivity contribution in [2.75, 3.05) is 32.0 Å². The number of carbonyl (C=O) groups is 1. The Morgan fingerprint density at radius 2 is 2.17 bits per heavy atom. The van der Waals surface area contributed by atoms with Crippen molar-refractivity contribution in [1.29, 1.82) is 0 Å². The summed E-state index contributed by atoms with van der Waals surface area (Å²) in [6.07, 6.45) is 2.58. The summed E-state index contributed by atoms with van der Waals surface area (Å²) in [5.74, 6) is 0.403. The highest BCUT2D eigenvalue weighted by Crippen LogP contribution is 2.24. The molecule has 1 amide bonds. The molecule has 1 saturated heterocycles. The molecule has 1 unspecified atom stereocenters. The number of amides is 1. The van der Waals surface area contributed by atoms with Crippen molar-refractivity contribution in [2.45, 2.75) is 6.42 Å². The number of benzene rings is 1. The number of para-hydroxylation sites is 1. The first-order valence-corrected chi connectivity index (χ1v) is 8.09. The van der Waals surface area contributed by atoms with Gasteiger partial charge in [-0.2, -0.15) is 0 Å². The van der Waals surface area contributed by atoms with E-state index >= 15 is 0 Å². The summed E-state index contributed by atoms with van der Waals surface area (Å²) in [7, 11) is 1.92. The molecule has 0 bridgehead atoms. The highest BCUT2D eigenvalue weighted by Gasteiger charge is 2.28. The molecule has 2 heterocycles. The van der Waals surface area contributed by atoms with Crippen LogP contribution >= 0.6 is 0 Å². The number of carbonyl (C=O) groups excluding carboxylic acids is 1. The maximum Gasteiger partial charge on any atom is 0.257 e.